The normalized spacial score (nSPS) is 30.9. The highest BCUT2D eigenvalue weighted by atomic mass is 32.2. The van der Waals surface area contributed by atoms with Gasteiger partial charge >= 0.3 is 0 Å². The summed E-state index contributed by atoms with van der Waals surface area (Å²) in [5.41, 5.74) is 0. The molecule has 0 spiro atoms. The Balaban J connectivity index is 1.62. The minimum Gasteiger partial charge on any atom is -0.312 e. The van der Waals surface area contributed by atoms with Crippen LogP contribution in [0, 0.1) is 0 Å². The van der Waals surface area contributed by atoms with E-state index in [0.717, 1.165) is 17.3 Å². The van der Waals surface area contributed by atoms with Crippen molar-refractivity contribution < 1.29 is 0 Å². The van der Waals surface area contributed by atoms with Gasteiger partial charge < -0.3 is 5.32 Å². The highest BCUT2D eigenvalue weighted by Gasteiger charge is 2.27. The Labute approximate surface area is 105 Å². The van der Waals surface area contributed by atoms with Crippen molar-refractivity contribution in [1.82, 2.24) is 10.2 Å². The Kier molecular flexibility index (Phi) is 4.98. The summed E-state index contributed by atoms with van der Waals surface area (Å²) >= 11 is 2.13. The fourth-order valence-corrected chi connectivity index (χ4v) is 3.79. The first-order valence-corrected chi connectivity index (χ1v) is 7.95. The standard InChI is InChI=1S/C13H26N2S/c1-3-15(12-6-7-12)9-8-14-13-5-4-10-16-11(13)2/h11-14H,3-10H2,1-2H3. The Morgan fingerprint density at radius 3 is 2.75 bits per heavy atom. The molecule has 1 saturated carbocycles. The van der Waals surface area contributed by atoms with Gasteiger partial charge in [-0.15, -0.1) is 0 Å². The zero-order valence-electron chi connectivity index (χ0n) is 10.7. The second-order valence-electron chi connectivity index (χ2n) is 5.14. The van der Waals surface area contributed by atoms with E-state index in [4.69, 9.17) is 0 Å². The molecule has 2 aliphatic rings. The van der Waals surface area contributed by atoms with Crippen molar-refractivity contribution in [2.45, 2.75) is 56.9 Å². The minimum atomic E-state index is 0.761. The maximum Gasteiger partial charge on any atom is 0.0184 e. The van der Waals surface area contributed by atoms with Gasteiger partial charge in [0.05, 0.1) is 0 Å². The predicted molar refractivity (Wildman–Crippen MR) is 73.2 cm³/mol. The lowest BCUT2D eigenvalue weighted by Gasteiger charge is -2.30. The van der Waals surface area contributed by atoms with Gasteiger partial charge in [-0.1, -0.05) is 13.8 Å². The summed E-state index contributed by atoms with van der Waals surface area (Å²) in [6.07, 6.45) is 5.64. The molecular weight excluding hydrogens is 216 g/mol. The maximum atomic E-state index is 3.76. The highest BCUT2D eigenvalue weighted by molar-refractivity contribution is 7.99. The van der Waals surface area contributed by atoms with Crippen LogP contribution in [0.4, 0.5) is 0 Å². The monoisotopic (exact) mass is 242 g/mol. The summed E-state index contributed by atoms with van der Waals surface area (Å²) < 4.78 is 0. The largest absolute Gasteiger partial charge is 0.312 e. The van der Waals surface area contributed by atoms with Gasteiger partial charge in [0.1, 0.15) is 0 Å². The first-order valence-electron chi connectivity index (χ1n) is 6.90. The number of nitrogens with one attached hydrogen (secondary N) is 1. The molecule has 1 heterocycles. The Morgan fingerprint density at radius 1 is 1.31 bits per heavy atom. The molecular formula is C13H26N2S. The van der Waals surface area contributed by atoms with Crippen molar-refractivity contribution in [1.29, 1.82) is 0 Å². The molecule has 0 aromatic heterocycles. The molecule has 16 heavy (non-hydrogen) atoms. The summed E-state index contributed by atoms with van der Waals surface area (Å²) in [5, 5.41) is 4.57. The average molecular weight is 242 g/mol. The Bertz CT molecular complexity index is 206. The topological polar surface area (TPSA) is 15.3 Å². The van der Waals surface area contributed by atoms with E-state index >= 15 is 0 Å². The molecule has 0 amide bonds. The van der Waals surface area contributed by atoms with Crippen molar-refractivity contribution in [2.75, 3.05) is 25.4 Å². The number of likely N-dealkylation sites (N-methyl/N-ethyl adjacent to an activating group) is 1. The first kappa shape index (κ1) is 12.7. The SMILES string of the molecule is CCN(CCNC1CCCSC1C)C1CC1. The van der Waals surface area contributed by atoms with Gasteiger partial charge in [-0.25, -0.2) is 0 Å². The molecule has 2 rings (SSSR count). The third kappa shape index (κ3) is 3.64. The van der Waals surface area contributed by atoms with E-state index in [-0.39, 0.29) is 0 Å². The molecule has 2 unspecified atom stereocenters. The number of thioether (sulfide) groups is 1. The van der Waals surface area contributed by atoms with Gasteiger partial charge in [-0.05, 0) is 38.0 Å². The maximum absolute atomic E-state index is 3.76. The van der Waals surface area contributed by atoms with E-state index in [1.54, 1.807) is 0 Å². The van der Waals surface area contributed by atoms with E-state index < -0.39 is 0 Å². The molecule has 2 nitrogen and oxygen atoms in total. The molecule has 94 valence electrons. The third-order valence-corrected chi connectivity index (χ3v) is 5.26. The van der Waals surface area contributed by atoms with E-state index in [9.17, 15) is 0 Å². The lowest BCUT2D eigenvalue weighted by Crippen LogP contribution is -2.43. The van der Waals surface area contributed by atoms with Crippen LogP contribution in [-0.2, 0) is 0 Å². The van der Waals surface area contributed by atoms with Gasteiger partial charge in [0.25, 0.3) is 0 Å². The number of nitrogens with zero attached hydrogens (tertiary/aromatic N) is 1. The van der Waals surface area contributed by atoms with E-state index in [2.05, 4.69) is 35.8 Å². The third-order valence-electron chi connectivity index (χ3n) is 3.88. The lowest BCUT2D eigenvalue weighted by atomic mass is 10.1. The Morgan fingerprint density at radius 2 is 2.12 bits per heavy atom. The number of rotatable bonds is 6. The first-order chi connectivity index (χ1) is 7.81. The van der Waals surface area contributed by atoms with Crippen LogP contribution < -0.4 is 5.32 Å². The summed E-state index contributed by atoms with van der Waals surface area (Å²) in [6.45, 7) is 8.31. The van der Waals surface area contributed by atoms with Gasteiger partial charge in [-0.3, -0.25) is 4.90 Å². The molecule has 1 aliphatic heterocycles. The smallest absolute Gasteiger partial charge is 0.0184 e. The van der Waals surface area contributed by atoms with Crippen molar-refractivity contribution >= 4 is 11.8 Å². The summed E-state index contributed by atoms with van der Waals surface area (Å²) in [4.78, 5) is 2.63. The molecule has 3 heteroatoms. The van der Waals surface area contributed by atoms with Crippen LogP contribution in [0.2, 0.25) is 0 Å². The van der Waals surface area contributed by atoms with Crippen LogP contribution >= 0.6 is 11.8 Å². The molecule has 1 aliphatic carbocycles. The van der Waals surface area contributed by atoms with Crippen molar-refractivity contribution in [2.24, 2.45) is 0 Å². The van der Waals surface area contributed by atoms with Gasteiger partial charge in [-0.2, -0.15) is 11.8 Å². The molecule has 0 bridgehead atoms. The van der Waals surface area contributed by atoms with Crippen molar-refractivity contribution in [3.63, 3.8) is 0 Å². The molecule has 2 fully saturated rings. The average Bonchev–Trinajstić information content (AvgIpc) is 3.11. The van der Waals surface area contributed by atoms with Crippen molar-refractivity contribution in [3.8, 4) is 0 Å². The summed E-state index contributed by atoms with van der Waals surface area (Å²) in [7, 11) is 0. The summed E-state index contributed by atoms with van der Waals surface area (Å²) in [6, 6.07) is 1.68. The summed E-state index contributed by atoms with van der Waals surface area (Å²) in [5.74, 6) is 1.36. The molecule has 2 atom stereocenters. The second kappa shape index (κ2) is 6.27. The van der Waals surface area contributed by atoms with Gasteiger partial charge in [0.2, 0.25) is 0 Å². The fraction of sp³-hybridized carbons (Fsp3) is 1.00. The molecule has 0 aromatic carbocycles. The predicted octanol–water partition coefficient (Wildman–Crippen LogP) is 2.34. The van der Waals surface area contributed by atoms with Crippen LogP contribution in [0.5, 0.6) is 0 Å². The van der Waals surface area contributed by atoms with Crippen LogP contribution in [0.1, 0.15) is 39.5 Å². The fourth-order valence-electron chi connectivity index (χ4n) is 2.62. The molecule has 1 N–H and O–H groups in total. The van der Waals surface area contributed by atoms with Crippen LogP contribution in [0.3, 0.4) is 0 Å². The van der Waals surface area contributed by atoms with Gasteiger partial charge in [0.15, 0.2) is 0 Å². The minimum absolute atomic E-state index is 0.761. The zero-order valence-corrected chi connectivity index (χ0v) is 11.6. The second-order valence-corrected chi connectivity index (χ2v) is 6.62. The van der Waals surface area contributed by atoms with Crippen LogP contribution in [0.15, 0.2) is 0 Å². The van der Waals surface area contributed by atoms with Crippen molar-refractivity contribution in [3.05, 3.63) is 0 Å². The molecule has 0 radical (unpaired) electrons. The van der Waals surface area contributed by atoms with Crippen LogP contribution in [-0.4, -0.2) is 47.6 Å². The Hall–Kier alpha value is 0.270. The van der Waals surface area contributed by atoms with E-state index in [1.165, 1.54) is 51.1 Å². The lowest BCUT2D eigenvalue weighted by molar-refractivity contribution is 0.270. The van der Waals surface area contributed by atoms with E-state index in [0.29, 0.717) is 0 Å². The number of hydrogen-bond acceptors (Lipinski definition) is 3. The van der Waals surface area contributed by atoms with Crippen LogP contribution in [0.25, 0.3) is 0 Å². The highest BCUT2D eigenvalue weighted by Crippen LogP contribution is 2.26. The zero-order chi connectivity index (χ0) is 11.4. The quantitative estimate of drug-likeness (QED) is 0.770. The number of hydrogen-bond donors (Lipinski definition) is 1. The van der Waals surface area contributed by atoms with Gasteiger partial charge in [0, 0.05) is 30.4 Å². The molecule has 1 saturated heterocycles. The van der Waals surface area contributed by atoms with E-state index in [1.807, 2.05) is 0 Å². The molecule has 0 aromatic rings.